The normalized spacial score (nSPS) is 10.1. The number of hydrogen-bond donors (Lipinski definition) is 2. The van der Waals surface area contributed by atoms with Crippen LogP contribution < -0.4 is 10.9 Å². The number of ether oxygens (including phenoxy) is 1. The number of carbonyl (C=O) groups is 1. The van der Waals surface area contributed by atoms with Crippen LogP contribution in [0.1, 0.15) is 6.92 Å². The number of carbonyl (C=O) groups excluding carboxylic acids is 1. The minimum absolute atomic E-state index is 0.341. The van der Waals surface area contributed by atoms with Crippen LogP contribution in [-0.2, 0) is 4.74 Å². The molecule has 0 saturated carbocycles. The molecule has 1 amide bonds. The summed E-state index contributed by atoms with van der Waals surface area (Å²) in [6.45, 7) is 2.09. The van der Waals surface area contributed by atoms with Crippen LogP contribution in [0.25, 0.3) is 10.2 Å². The van der Waals surface area contributed by atoms with Crippen molar-refractivity contribution >= 4 is 32.8 Å². The van der Waals surface area contributed by atoms with E-state index in [1.165, 1.54) is 11.3 Å². The summed E-state index contributed by atoms with van der Waals surface area (Å²) in [5.74, 6) is 0. The second-order valence-electron chi connectivity index (χ2n) is 2.96. The molecule has 2 N–H and O–H groups in total. The zero-order valence-corrected chi connectivity index (χ0v) is 9.50. The van der Waals surface area contributed by atoms with E-state index in [2.05, 4.69) is 15.8 Å². The Bertz CT molecular complexity index is 465. The number of nitrogens with zero attached hydrogens (tertiary/aromatic N) is 1. The molecule has 0 spiro atoms. The molecule has 0 saturated heterocycles. The molecule has 6 heteroatoms. The Balaban J connectivity index is 2.02. The Labute approximate surface area is 96.4 Å². The van der Waals surface area contributed by atoms with Crippen LogP contribution in [0.15, 0.2) is 24.3 Å². The van der Waals surface area contributed by atoms with Crippen molar-refractivity contribution in [2.75, 3.05) is 12.0 Å². The van der Waals surface area contributed by atoms with Crippen molar-refractivity contribution in [1.29, 1.82) is 0 Å². The number of benzene rings is 1. The number of aromatic nitrogens is 1. The van der Waals surface area contributed by atoms with E-state index in [1.807, 2.05) is 24.3 Å². The maximum absolute atomic E-state index is 11.0. The van der Waals surface area contributed by atoms with Crippen LogP contribution in [0, 0.1) is 0 Å². The van der Waals surface area contributed by atoms with Gasteiger partial charge >= 0.3 is 6.09 Å². The molecule has 16 heavy (non-hydrogen) atoms. The lowest BCUT2D eigenvalue weighted by molar-refractivity contribution is 0.154. The van der Waals surface area contributed by atoms with Gasteiger partial charge in [-0.15, -0.1) is 0 Å². The molecule has 2 aromatic rings. The average Bonchev–Trinajstić information content (AvgIpc) is 2.69. The average molecular weight is 237 g/mol. The first-order valence-corrected chi connectivity index (χ1v) is 5.65. The third-order valence-electron chi connectivity index (χ3n) is 1.84. The minimum atomic E-state index is -0.512. The van der Waals surface area contributed by atoms with Crippen molar-refractivity contribution in [1.82, 2.24) is 10.4 Å². The summed E-state index contributed by atoms with van der Waals surface area (Å²) in [4.78, 5) is 15.3. The first-order valence-electron chi connectivity index (χ1n) is 4.84. The fraction of sp³-hybridized carbons (Fsp3) is 0.200. The Morgan fingerprint density at radius 2 is 2.31 bits per heavy atom. The minimum Gasteiger partial charge on any atom is -0.449 e. The van der Waals surface area contributed by atoms with Gasteiger partial charge in [-0.3, -0.25) is 5.43 Å². The van der Waals surface area contributed by atoms with Crippen LogP contribution in [0.2, 0.25) is 0 Å². The lowest BCUT2D eigenvalue weighted by Crippen LogP contribution is -2.29. The number of fused-ring (bicyclic) bond motifs is 1. The summed E-state index contributed by atoms with van der Waals surface area (Å²) in [7, 11) is 0. The smallest absolute Gasteiger partial charge is 0.425 e. The summed E-state index contributed by atoms with van der Waals surface area (Å²) in [5, 5.41) is 0.634. The molecular weight excluding hydrogens is 226 g/mol. The molecule has 0 aliphatic carbocycles. The topological polar surface area (TPSA) is 63.2 Å². The van der Waals surface area contributed by atoms with Crippen LogP contribution >= 0.6 is 11.3 Å². The Kier molecular flexibility index (Phi) is 3.21. The highest BCUT2D eigenvalue weighted by Crippen LogP contribution is 2.24. The van der Waals surface area contributed by atoms with Crippen molar-refractivity contribution in [3.05, 3.63) is 24.3 Å². The van der Waals surface area contributed by atoms with Crippen molar-refractivity contribution in [3.63, 3.8) is 0 Å². The summed E-state index contributed by atoms with van der Waals surface area (Å²) in [6.07, 6.45) is -0.512. The van der Waals surface area contributed by atoms with Crippen LogP contribution in [0.3, 0.4) is 0 Å². The van der Waals surface area contributed by atoms with Gasteiger partial charge in [-0.05, 0) is 19.1 Å². The molecule has 2 rings (SSSR count). The van der Waals surface area contributed by atoms with E-state index in [0.29, 0.717) is 11.7 Å². The Morgan fingerprint density at radius 1 is 1.50 bits per heavy atom. The van der Waals surface area contributed by atoms with Crippen molar-refractivity contribution in [2.24, 2.45) is 0 Å². The van der Waals surface area contributed by atoms with Gasteiger partial charge in [0, 0.05) is 0 Å². The number of anilines is 1. The van der Waals surface area contributed by atoms with Crippen LogP contribution in [-0.4, -0.2) is 17.7 Å². The highest BCUT2D eigenvalue weighted by atomic mass is 32.1. The molecule has 0 atom stereocenters. The second-order valence-corrected chi connectivity index (χ2v) is 3.99. The van der Waals surface area contributed by atoms with Crippen molar-refractivity contribution < 1.29 is 9.53 Å². The third kappa shape index (κ3) is 2.40. The fourth-order valence-corrected chi connectivity index (χ4v) is 2.02. The molecule has 0 unspecified atom stereocenters. The highest BCUT2D eigenvalue weighted by molar-refractivity contribution is 7.22. The number of amides is 1. The Hall–Kier alpha value is -1.82. The van der Waals surface area contributed by atoms with Gasteiger partial charge in [0.15, 0.2) is 0 Å². The number of hydrazine groups is 1. The number of thiazole rings is 1. The second kappa shape index (κ2) is 4.80. The number of nitrogens with one attached hydrogen (secondary N) is 2. The van der Waals surface area contributed by atoms with Gasteiger partial charge in [-0.25, -0.2) is 15.2 Å². The molecule has 0 aliphatic heterocycles. The van der Waals surface area contributed by atoms with E-state index in [0.717, 1.165) is 10.2 Å². The van der Waals surface area contributed by atoms with Crippen LogP contribution in [0.4, 0.5) is 9.93 Å². The summed E-state index contributed by atoms with van der Waals surface area (Å²) >= 11 is 1.46. The highest BCUT2D eigenvalue weighted by Gasteiger charge is 2.04. The van der Waals surface area contributed by atoms with Gasteiger partial charge in [-0.2, -0.15) is 0 Å². The summed E-state index contributed by atoms with van der Waals surface area (Å²) in [5.41, 5.74) is 6.00. The molecule has 84 valence electrons. The van der Waals surface area contributed by atoms with E-state index in [9.17, 15) is 4.79 Å². The zero-order valence-electron chi connectivity index (χ0n) is 8.69. The van der Waals surface area contributed by atoms with E-state index in [4.69, 9.17) is 4.74 Å². The van der Waals surface area contributed by atoms with Gasteiger partial charge in [0.25, 0.3) is 0 Å². The molecule has 1 aromatic carbocycles. The summed E-state index contributed by atoms with van der Waals surface area (Å²) in [6, 6.07) is 7.76. The van der Waals surface area contributed by atoms with E-state index < -0.39 is 6.09 Å². The molecular formula is C10H11N3O2S. The molecule has 1 aromatic heterocycles. The monoisotopic (exact) mass is 237 g/mol. The first kappa shape index (κ1) is 10.7. The van der Waals surface area contributed by atoms with E-state index >= 15 is 0 Å². The first-order chi connectivity index (χ1) is 7.79. The van der Waals surface area contributed by atoms with Gasteiger partial charge in [0.1, 0.15) is 0 Å². The van der Waals surface area contributed by atoms with Gasteiger partial charge in [0.05, 0.1) is 16.8 Å². The molecule has 5 nitrogen and oxygen atoms in total. The van der Waals surface area contributed by atoms with Gasteiger partial charge < -0.3 is 4.74 Å². The van der Waals surface area contributed by atoms with Crippen molar-refractivity contribution in [3.8, 4) is 0 Å². The molecule has 0 bridgehead atoms. The molecule has 0 radical (unpaired) electrons. The lowest BCUT2D eigenvalue weighted by Gasteiger charge is -2.04. The maximum atomic E-state index is 11.0. The predicted molar refractivity (Wildman–Crippen MR) is 63.4 cm³/mol. The number of hydrogen-bond acceptors (Lipinski definition) is 5. The van der Waals surface area contributed by atoms with Crippen molar-refractivity contribution in [2.45, 2.75) is 6.92 Å². The zero-order chi connectivity index (χ0) is 11.4. The van der Waals surface area contributed by atoms with Gasteiger partial charge in [0.2, 0.25) is 5.13 Å². The predicted octanol–water partition coefficient (Wildman–Crippen LogP) is 2.37. The number of para-hydroxylation sites is 1. The number of rotatable bonds is 3. The van der Waals surface area contributed by atoms with E-state index in [-0.39, 0.29) is 0 Å². The summed E-state index contributed by atoms with van der Waals surface area (Å²) < 4.78 is 5.77. The van der Waals surface area contributed by atoms with Crippen LogP contribution in [0.5, 0.6) is 0 Å². The molecule has 0 fully saturated rings. The quantitative estimate of drug-likeness (QED) is 0.804. The van der Waals surface area contributed by atoms with Gasteiger partial charge in [-0.1, -0.05) is 23.5 Å². The third-order valence-corrected chi connectivity index (χ3v) is 2.79. The fourth-order valence-electron chi connectivity index (χ4n) is 1.20. The standard InChI is InChI=1S/C10H11N3O2S/c1-2-15-10(14)13-12-9-11-7-5-3-4-6-8(7)16-9/h3-6H,2H2,1H3,(H,11,12)(H,13,14). The SMILES string of the molecule is CCOC(=O)NNc1nc2ccccc2s1. The maximum Gasteiger partial charge on any atom is 0.425 e. The molecule has 1 heterocycles. The lowest BCUT2D eigenvalue weighted by atomic mass is 10.3. The Morgan fingerprint density at radius 3 is 3.06 bits per heavy atom. The molecule has 0 aliphatic rings. The largest absolute Gasteiger partial charge is 0.449 e. The van der Waals surface area contributed by atoms with E-state index in [1.54, 1.807) is 6.92 Å².